The largest absolute Gasteiger partial charge is 0.419 e. The molecule has 0 N–H and O–H groups in total. The lowest BCUT2D eigenvalue weighted by Crippen LogP contribution is -2.09. The summed E-state index contributed by atoms with van der Waals surface area (Å²) >= 11 is 0. The highest BCUT2D eigenvalue weighted by atomic mass is 19.4. The van der Waals surface area contributed by atoms with Gasteiger partial charge in [-0.1, -0.05) is 6.07 Å². The van der Waals surface area contributed by atoms with Crippen LogP contribution in [0.2, 0.25) is 0 Å². The van der Waals surface area contributed by atoms with Crippen molar-refractivity contribution >= 4 is 5.78 Å². The number of rotatable bonds is 1. The van der Waals surface area contributed by atoms with Gasteiger partial charge in [-0.25, -0.2) is 4.39 Å². The summed E-state index contributed by atoms with van der Waals surface area (Å²) in [6.45, 7) is 0. The van der Waals surface area contributed by atoms with E-state index in [1.807, 2.05) is 0 Å². The molecule has 17 heavy (non-hydrogen) atoms. The Bertz CT molecular complexity index is 450. The summed E-state index contributed by atoms with van der Waals surface area (Å²) in [6, 6.07) is 2.97. The Kier molecular flexibility index (Phi) is 2.93. The molecule has 5 heteroatoms. The second-order valence-corrected chi connectivity index (χ2v) is 4.22. The van der Waals surface area contributed by atoms with Crippen molar-refractivity contribution in [2.75, 3.05) is 0 Å². The Morgan fingerprint density at radius 2 is 1.94 bits per heavy atom. The molecule has 1 unspecified atom stereocenters. The highest BCUT2D eigenvalue weighted by Crippen LogP contribution is 2.37. The first-order valence-corrected chi connectivity index (χ1v) is 5.26. The fourth-order valence-electron chi connectivity index (χ4n) is 2.11. The number of Topliss-reactive ketones (excluding diaryl/α,β-unsaturated/α-hetero) is 1. The molecule has 1 aromatic carbocycles. The molecule has 1 aliphatic carbocycles. The molecule has 1 aliphatic rings. The summed E-state index contributed by atoms with van der Waals surface area (Å²) in [4.78, 5) is 11.1. The molecule has 92 valence electrons. The quantitative estimate of drug-likeness (QED) is 0.691. The van der Waals surface area contributed by atoms with Crippen LogP contribution in [0.4, 0.5) is 17.6 Å². The van der Waals surface area contributed by atoms with E-state index in [9.17, 15) is 22.4 Å². The van der Waals surface area contributed by atoms with Gasteiger partial charge < -0.3 is 0 Å². The maximum absolute atomic E-state index is 13.0. The topological polar surface area (TPSA) is 17.1 Å². The van der Waals surface area contributed by atoms with Crippen LogP contribution in [0.5, 0.6) is 0 Å². The lowest BCUT2D eigenvalue weighted by atomic mass is 9.95. The summed E-state index contributed by atoms with van der Waals surface area (Å²) in [6.07, 6.45) is -3.50. The van der Waals surface area contributed by atoms with E-state index in [1.165, 1.54) is 6.07 Å². The molecule has 1 saturated carbocycles. The third-order valence-electron chi connectivity index (χ3n) is 3.01. The number of carbonyl (C=O) groups excluding carboxylic acids is 1. The zero-order valence-electron chi connectivity index (χ0n) is 8.85. The van der Waals surface area contributed by atoms with Crippen LogP contribution in [0, 0.1) is 5.82 Å². The van der Waals surface area contributed by atoms with E-state index in [0.717, 1.165) is 12.1 Å². The summed E-state index contributed by atoms with van der Waals surface area (Å²) in [7, 11) is 0. The zero-order chi connectivity index (χ0) is 12.6. The average Bonchev–Trinajstić information content (AvgIpc) is 2.64. The maximum Gasteiger partial charge on any atom is 0.419 e. The molecule has 0 saturated heterocycles. The molecule has 0 aliphatic heterocycles. The number of ketones is 1. The van der Waals surface area contributed by atoms with Gasteiger partial charge in [-0.3, -0.25) is 4.79 Å². The molecular formula is C12H10F4O. The molecule has 1 nitrogen and oxygen atoms in total. The second kappa shape index (κ2) is 4.13. The summed E-state index contributed by atoms with van der Waals surface area (Å²) < 4.78 is 50.5. The Morgan fingerprint density at radius 1 is 1.24 bits per heavy atom. The summed E-state index contributed by atoms with van der Waals surface area (Å²) in [5.74, 6) is -1.43. The van der Waals surface area contributed by atoms with Crippen LogP contribution in [-0.4, -0.2) is 5.78 Å². The van der Waals surface area contributed by atoms with Crippen molar-refractivity contribution in [3.05, 3.63) is 35.1 Å². The van der Waals surface area contributed by atoms with E-state index >= 15 is 0 Å². The fraction of sp³-hybridized carbons (Fsp3) is 0.417. The molecule has 0 heterocycles. The normalized spacial score (nSPS) is 20.9. The van der Waals surface area contributed by atoms with Gasteiger partial charge in [0.1, 0.15) is 11.6 Å². The van der Waals surface area contributed by atoms with Gasteiger partial charge in [0, 0.05) is 12.8 Å². The minimum Gasteiger partial charge on any atom is -0.300 e. The van der Waals surface area contributed by atoms with Gasteiger partial charge in [-0.05, 0) is 30.0 Å². The predicted octanol–water partition coefficient (Wildman–Crippen LogP) is 3.68. The smallest absolute Gasteiger partial charge is 0.300 e. The molecule has 1 fully saturated rings. The molecular weight excluding hydrogens is 236 g/mol. The van der Waals surface area contributed by atoms with Crippen LogP contribution in [0.1, 0.15) is 36.3 Å². The Hall–Kier alpha value is -1.39. The predicted molar refractivity (Wildman–Crippen MR) is 53.0 cm³/mol. The van der Waals surface area contributed by atoms with Crippen LogP contribution in [0.15, 0.2) is 18.2 Å². The number of hydrogen-bond donors (Lipinski definition) is 0. The van der Waals surface area contributed by atoms with E-state index in [0.29, 0.717) is 18.4 Å². The molecule has 0 amide bonds. The van der Waals surface area contributed by atoms with Gasteiger partial charge in [0.2, 0.25) is 0 Å². The number of hydrogen-bond acceptors (Lipinski definition) is 1. The number of halogens is 4. The van der Waals surface area contributed by atoms with Crippen LogP contribution >= 0.6 is 0 Å². The van der Waals surface area contributed by atoms with Gasteiger partial charge in [0.15, 0.2) is 0 Å². The SMILES string of the molecule is O=C1CCC(c2ccc(F)c(C(F)(F)F)c2)C1. The average molecular weight is 246 g/mol. The van der Waals surface area contributed by atoms with Crippen LogP contribution in [0.25, 0.3) is 0 Å². The number of alkyl halides is 3. The van der Waals surface area contributed by atoms with E-state index in [1.54, 1.807) is 0 Å². The minimum absolute atomic E-state index is 0.0490. The lowest BCUT2D eigenvalue weighted by molar-refractivity contribution is -0.140. The van der Waals surface area contributed by atoms with Crippen molar-refractivity contribution in [1.29, 1.82) is 0 Å². The minimum atomic E-state index is -4.69. The lowest BCUT2D eigenvalue weighted by Gasteiger charge is -2.13. The van der Waals surface area contributed by atoms with Crippen LogP contribution in [0.3, 0.4) is 0 Å². The Balaban J connectivity index is 2.34. The van der Waals surface area contributed by atoms with Crippen molar-refractivity contribution in [3.8, 4) is 0 Å². The van der Waals surface area contributed by atoms with Crippen molar-refractivity contribution in [1.82, 2.24) is 0 Å². The first-order chi connectivity index (χ1) is 7.88. The van der Waals surface area contributed by atoms with Crippen molar-refractivity contribution in [2.45, 2.75) is 31.4 Å². The second-order valence-electron chi connectivity index (χ2n) is 4.22. The third-order valence-corrected chi connectivity index (χ3v) is 3.01. The van der Waals surface area contributed by atoms with E-state index < -0.39 is 17.6 Å². The van der Waals surface area contributed by atoms with Gasteiger partial charge in [0.25, 0.3) is 0 Å². The van der Waals surface area contributed by atoms with Gasteiger partial charge >= 0.3 is 6.18 Å². The molecule has 1 atom stereocenters. The molecule has 2 rings (SSSR count). The Morgan fingerprint density at radius 3 is 2.47 bits per heavy atom. The summed E-state index contributed by atoms with van der Waals surface area (Å²) in [5.41, 5.74) is -0.862. The van der Waals surface area contributed by atoms with Gasteiger partial charge in [-0.2, -0.15) is 13.2 Å². The highest BCUT2D eigenvalue weighted by molar-refractivity contribution is 5.81. The molecule has 0 radical (unpaired) electrons. The first-order valence-electron chi connectivity index (χ1n) is 5.26. The van der Waals surface area contributed by atoms with Crippen LogP contribution < -0.4 is 0 Å². The van der Waals surface area contributed by atoms with Crippen molar-refractivity contribution in [2.24, 2.45) is 0 Å². The standard InChI is InChI=1S/C12H10F4O/c13-11-4-2-8(6-10(11)12(14,15)16)7-1-3-9(17)5-7/h2,4,6-7H,1,3,5H2. The van der Waals surface area contributed by atoms with E-state index in [-0.39, 0.29) is 18.1 Å². The third kappa shape index (κ3) is 2.48. The maximum atomic E-state index is 13.0. The molecule has 0 spiro atoms. The van der Waals surface area contributed by atoms with Crippen LogP contribution in [-0.2, 0) is 11.0 Å². The number of benzene rings is 1. The molecule has 0 bridgehead atoms. The highest BCUT2D eigenvalue weighted by Gasteiger charge is 2.35. The van der Waals surface area contributed by atoms with Crippen molar-refractivity contribution in [3.63, 3.8) is 0 Å². The van der Waals surface area contributed by atoms with E-state index in [4.69, 9.17) is 0 Å². The van der Waals surface area contributed by atoms with Crippen molar-refractivity contribution < 1.29 is 22.4 Å². The number of carbonyl (C=O) groups is 1. The summed E-state index contributed by atoms with van der Waals surface area (Å²) in [5, 5.41) is 0. The van der Waals surface area contributed by atoms with Gasteiger partial charge in [-0.15, -0.1) is 0 Å². The molecule has 0 aromatic heterocycles. The fourth-order valence-corrected chi connectivity index (χ4v) is 2.11. The van der Waals surface area contributed by atoms with E-state index in [2.05, 4.69) is 0 Å². The molecule has 1 aromatic rings. The van der Waals surface area contributed by atoms with Gasteiger partial charge in [0.05, 0.1) is 5.56 Å². The monoisotopic (exact) mass is 246 g/mol. The zero-order valence-corrected chi connectivity index (χ0v) is 8.85. The Labute approximate surface area is 95.4 Å². The first kappa shape index (κ1) is 12.1.